The lowest BCUT2D eigenvalue weighted by molar-refractivity contribution is -0.710. The first kappa shape index (κ1) is 18.7. The molecule has 2 rings (SSSR count). The number of hydrogen-bond donors (Lipinski definition) is 2. The van der Waals surface area contributed by atoms with Gasteiger partial charge in [0.25, 0.3) is 10.1 Å². The minimum absolute atomic E-state index is 0.0450. The van der Waals surface area contributed by atoms with Gasteiger partial charge in [0.2, 0.25) is 0 Å². The molecule has 130 valence electrons. The number of nitrogens with zero attached hydrogens (tertiary/aromatic N) is 1. The molecular weight excluding hydrogens is 354 g/mol. The summed E-state index contributed by atoms with van der Waals surface area (Å²) in [7, 11) is -4.03. The van der Waals surface area contributed by atoms with E-state index in [2.05, 4.69) is 0 Å². The van der Waals surface area contributed by atoms with Gasteiger partial charge in [-0.05, 0) is 12.1 Å². The molecule has 0 radical (unpaired) electrons. The first-order valence-corrected chi connectivity index (χ1v) is 9.32. The highest BCUT2D eigenvalue weighted by molar-refractivity contribution is 7.85. The third kappa shape index (κ3) is 6.09. The van der Waals surface area contributed by atoms with Gasteiger partial charge >= 0.3 is 0 Å². The van der Waals surface area contributed by atoms with Gasteiger partial charge in [-0.15, -0.1) is 0 Å². The quantitative estimate of drug-likeness (QED) is 0.541. The zero-order chi connectivity index (χ0) is 17.6. The molecule has 2 aromatic rings. The first-order chi connectivity index (χ1) is 11.3. The fourth-order valence-electron chi connectivity index (χ4n) is 2.18. The number of aliphatic hydroxyl groups excluding tert-OH is 1. The molecule has 0 aliphatic rings. The highest BCUT2D eigenvalue weighted by Gasteiger charge is 2.18. The maximum Gasteiger partial charge on any atom is 0.265 e. The van der Waals surface area contributed by atoms with Crippen molar-refractivity contribution in [3.8, 4) is 5.75 Å². The van der Waals surface area contributed by atoms with Gasteiger partial charge in [-0.2, -0.15) is 13.0 Å². The van der Waals surface area contributed by atoms with E-state index in [1.165, 1.54) is 0 Å². The molecule has 0 spiro atoms. The van der Waals surface area contributed by atoms with Crippen LogP contribution in [0.2, 0.25) is 5.02 Å². The van der Waals surface area contributed by atoms with Gasteiger partial charge in [0.1, 0.15) is 18.5 Å². The Kier molecular flexibility index (Phi) is 6.56. The molecule has 1 aromatic heterocycles. The van der Waals surface area contributed by atoms with Gasteiger partial charge in [-0.1, -0.05) is 29.8 Å². The summed E-state index contributed by atoms with van der Waals surface area (Å²) in [6.07, 6.45) is 1.08. The minimum atomic E-state index is -4.03. The molecule has 0 bridgehead atoms. The number of para-hydroxylation sites is 1. The van der Waals surface area contributed by atoms with Gasteiger partial charge in [0.15, 0.2) is 18.4 Å². The number of aromatic nitrogens is 1. The number of hydrogen-bond acceptors (Lipinski definition) is 4. The molecule has 0 fully saturated rings. The Bertz CT molecular complexity index is 782. The van der Waals surface area contributed by atoms with Crippen LogP contribution in [-0.4, -0.2) is 36.5 Å². The predicted octanol–water partition coefficient (Wildman–Crippen LogP) is 1.50. The first-order valence-electron chi connectivity index (χ1n) is 7.33. The van der Waals surface area contributed by atoms with Crippen molar-refractivity contribution < 1.29 is 27.4 Å². The van der Waals surface area contributed by atoms with Gasteiger partial charge in [0.05, 0.1) is 10.8 Å². The maximum absolute atomic E-state index is 10.9. The van der Waals surface area contributed by atoms with E-state index in [9.17, 15) is 13.5 Å². The highest BCUT2D eigenvalue weighted by atomic mass is 35.5. The molecule has 0 unspecified atom stereocenters. The number of ether oxygens (including phenoxy) is 1. The number of benzene rings is 1. The van der Waals surface area contributed by atoms with Crippen molar-refractivity contribution in [2.75, 3.05) is 12.4 Å². The molecule has 1 atom stereocenters. The molecule has 0 amide bonds. The summed E-state index contributed by atoms with van der Waals surface area (Å²) in [5, 5.41) is 10.6. The Balaban J connectivity index is 1.96. The second-order valence-electron chi connectivity index (χ2n) is 5.28. The van der Waals surface area contributed by atoms with E-state index >= 15 is 0 Å². The molecular formula is C16H19ClNO5S+. The Morgan fingerprint density at radius 3 is 2.58 bits per heavy atom. The van der Waals surface area contributed by atoms with Gasteiger partial charge in [-0.25, -0.2) is 0 Å². The van der Waals surface area contributed by atoms with E-state index in [-0.39, 0.29) is 25.3 Å². The largest absolute Gasteiger partial charge is 0.489 e. The predicted molar refractivity (Wildman–Crippen MR) is 89.7 cm³/mol. The number of rotatable bonds is 8. The smallest absolute Gasteiger partial charge is 0.265 e. The van der Waals surface area contributed by atoms with E-state index in [0.717, 1.165) is 0 Å². The van der Waals surface area contributed by atoms with Crippen LogP contribution in [0.5, 0.6) is 5.75 Å². The van der Waals surface area contributed by atoms with Gasteiger partial charge < -0.3 is 9.84 Å². The Labute approximate surface area is 146 Å². The van der Waals surface area contributed by atoms with Crippen molar-refractivity contribution in [3.05, 3.63) is 59.4 Å². The van der Waals surface area contributed by atoms with Crippen LogP contribution in [0.15, 0.2) is 48.7 Å². The zero-order valence-electron chi connectivity index (χ0n) is 12.9. The summed E-state index contributed by atoms with van der Waals surface area (Å²) in [4.78, 5) is 0. The molecule has 1 aromatic carbocycles. The van der Waals surface area contributed by atoms with Crippen molar-refractivity contribution in [1.82, 2.24) is 0 Å². The molecule has 1 heterocycles. The Hall–Kier alpha value is -1.67. The zero-order valence-corrected chi connectivity index (χ0v) is 14.4. The average molecular weight is 373 g/mol. The lowest BCUT2D eigenvalue weighted by Crippen LogP contribution is -2.45. The standard InChI is InChI=1S/C16H18ClNO5S/c17-15-6-1-2-7-16(15)23-12-14(19)11-18-9-4-3-5-13(18)8-10-24(20,21)22/h1-7,9,14,19H,8,10-12H2/p+1/t14-/m0/s1. The summed E-state index contributed by atoms with van der Waals surface area (Å²) in [6.45, 7) is 0.273. The molecule has 0 aliphatic heterocycles. The molecule has 8 heteroatoms. The van der Waals surface area contributed by atoms with Crippen LogP contribution in [0.1, 0.15) is 5.69 Å². The van der Waals surface area contributed by atoms with Crippen LogP contribution in [0.25, 0.3) is 0 Å². The van der Waals surface area contributed by atoms with Crippen molar-refractivity contribution in [2.45, 2.75) is 19.1 Å². The third-order valence-electron chi connectivity index (χ3n) is 3.33. The van der Waals surface area contributed by atoms with Crippen LogP contribution >= 0.6 is 11.6 Å². The van der Waals surface area contributed by atoms with Crippen LogP contribution in [-0.2, 0) is 23.1 Å². The lowest BCUT2D eigenvalue weighted by atomic mass is 10.2. The second kappa shape index (κ2) is 8.43. The number of aliphatic hydroxyl groups is 1. The number of pyridine rings is 1. The fourth-order valence-corrected chi connectivity index (χ4v) is 2.84. The van der Waals surface area contributed by atoms with E-state index in [4.69, 9.17) is 20.9 Å². The van der Waals surface area contributed by atoms with Crippen molar-refractivity contribution >= 4 is 21.7 Å². The topological polar surface area (TPSA) is 87.7 Å². The lowest BCUT2D eigenvalue weighted by Gasteiger charge is -2.12. The summed E-state index contributed by atoms with van der Waals surface area (Å²) >= 11 is 5.98. The second-order valence-corrected chi connectivity index (χ2v) is 7.25. The van der Waals surface area contributed by atoms with Crippen LogP contribution in [0.3, 0.4) is 0 Å². The maximum atomic E-state index is 10.9. The van der Waals surface area contributed by atoms with E-state index in [0.29, 0.717) is 16.5 Å². The van der Waals surface area contributed by atoms with Crippen LogP contribution in [0, 0.1) is 0 Å². The van der Waals surface area contributed by atoms with Crippen LogP contribution < -0.4 is 9.30 Å². The summed E-state index contributed by atoms with van der Waals surface area (Å²) in [5.74, 6) is 0.117. The van der Waals surface area contributed by atoms with Crippen molar-refractivity contribution in [2.24, 2.45) is 0 Å². The van der Waals surface area contributed by atoms with Crippen molar-refractivity contribution in [1.29, 1.82) is 0 Å². The molecule has 24 heavy (non-hydrogen) atoms. The minimum Gasteiger partial charge on any atom is -0.489 e. The van der Waals surface area contributed by atoms with E-state index in [1.807, 2.05) is 0 Å². The molecule has 0 aliphatic carbocycles. The van der Waals surface area contributed by atoms with Crippen LogP contribution in [0.4, 0.5) is 0 Å². The molecule has 0 saturated heterocycles. The average Bonchev–Trinajstić information content (AvgIpc) is 2.52. The number of aryl methyl sites for hydroxylation is 1. The number of halogens is 1. The van der Waals surface area contributed by atoms with E-state index < -0.39 is 16.2 Å². The summed E-state index contributed by atoms with van der Waals surface area (Å²) < 4.78 is 37.9. The SMILES string of the molecule is O=S(=O)(O)CCc1cccc[n+]1C[C@H](O)COc1ccccc1Cl. The molecule has 2 N–H and O–H groups in total. The normalized spacial score (nSPS) is 12.8. The van der Waals surface area contributed by atoms with Gasteiger partial charge in [-0.3, -0.25) is 4.55 Å². The van der Waals surface area contributed by atoms with Crippen molar-refractivity contribution in [3.63, 3.8) is 0 Å². The Morgan fingerprint density at radius 1 is 1.17 bits per heavy atom. The summed E-state index contributed by atoms with van der Waals surface area (Å²) in [5.41, 5.74) is 0.687. The molecule has 6 nitrogen and oxygen atoms in total. The molecule has 0 saturated carbocycles. The monoisotopic (exact) mass is 372 g/mol. The highest BCUT2D eigenvalue weighted by Crippen LogP contribution is 2.23. The Morgan fingerprint density at radius 2 is 1.88 bits per heavy atom. The van der Waals surface area contributed by atoms with E-state index in [1.54, 1.807) is 53.2 Å². The fraction of sp³-hybridized carbons (Fsp3) is 0.312. The van der Waals surface area contributed by atoms with Gasteiger partial charge in [0, 0.05) is 18.6 Å². The summed E-state index contributed by atoms with van der Waals surface area (Å²) in [6, 6.07) is 12.3. The third-order valence-corrected chi connectivity index (χ3v) is 4.36.